The van der Waals surface area contributed by atoms with Gasteiger partial charge in [0.2, 0.25) is 0 Å². The Morgan fingerprint density at radius 1 is 0.697 bits per heavy atom. The minimum atomic E-state index is -6.28. The van der Waals surface area contributed by atoms with Gasteiger partial charge in [-0.15, -0.1) is 11.3 Å². The number of halogens is 8. The number of aromatic nitrogens is 1. The smallest absolute Gasteiger partial charge is 0.255 e. The quantitative estimate of drug-likeness (QED) is 0.247. The molecule has 1 nitrogen and oxygen atoms in total. The molecule has 1 aliphatic carbocycles. The molecule has 4 aromatic rings. The number of nitrogens with zero attached hydrogens (tertiary/aromatic N) is 1. The molecular weight excluding hydrogens is 474 g/mol. The summed E-state index contributed by atoms with van der Waals surface area (Å²) in [5.41, 5.74) is -0.646. The highest BCUT2D eigenvalue weighted by molar-refractivity contribution is 7.26. The number of pyridine rings is 1. The van der Waals surface area contributed by atoms with E-state index in [1.807, 2.05) is 32.0 Å². The van der Waals surface area contributed by atoms with Crippen LogP contribution in [0.15, 0.2) is 42.6 Å². The lowest BCUT2D eigenvalue weighted by molar-refractivity contribution is -0.386. The van der Waals surface area contributed by atoms with Gasteiger partial charge in [-0.25, -0.2) is 0 Å². The molecule has 0 N–H and O–H groups in total. The van der Waals surface area contributed by atoms with Gasteiger partial charge in [-0.05, 0) is 44.2 Å². The van der Waals surface area contributed by atoms with Crippen LogP contribution < -0.4 is 0 Å². The van der Waals surface area contributed by atoms with Crippen molar-refractivity contribution < 1.29 is 35.1 Å². The average Bonchev–Trinajstić information content (AvgIpc) is 3.08. The Morgan fingerprint density at radius 2 is 1.24 bits per heavy atom. The predicted molar refractivity (Wildman–Crippen MR) is 110 cm³/mol. The van der Waals surface area contributed by atoms with Crippen molar-refractivity contribution in [2.45, 2.75) is 37.5 Å². The van der Waals surface area contributed by atoms with E-state index in [1.54, 1.807) is 0 Å². The van der Waals surface area contributed by atoms with E-state index >= 15 is 0 Å². The van der Waals surface area contributed by atoms with Gasteiger partial charge in [0.25, 0.3) is 0 Å². The molecule has 0 radical (unpaired) electrons. The molecule has 0 aliphatic heterocycles. The molecule has 0 saturated heterocycles. The maximum absolute atomic E-state index is 14.5. The molecule has 0 fully saturated rings. The molecule has 5 rings (SSSR count). The van der Waals surface area contributed by atoms with Crippen LogP contribution in [0.3, 0.4) is 0 Å². The van der Waals surface area contributed by atoms with E-state index in [-0.39, 0.29) is 10.1 Å². The fraction of sp³-hybridized carbons (Fsp3) is 0.261. The van der Waals surface area contributed by atoms with E-state index in [0.717, 1.165) is 22.5 Å². The van der Waals surface area contributed by atoms with Gasteiger partial charge in [0.1, 0.15) is 0 Å². The van der Waals surface area contributed by atoms with Crippen LogP contribution in [0.5, 0.6) is 0 Å². The van der Waals surface area contributed by atoms with E-state index in [4.69, 9.17) is 0 Å². The van der Waals surface area contributed by atoms with E-state index in [0.29, 0.717) is 33.5 Å². The van der Waals surface area contributed by atoms with Crippen molar-refractivity contribution in [1.82, 2.24) is 4.98 Å². The van der Waals surface area contributed by atoms with Crippen molar-refractivity contribution in [3.8, 4) is 11.3 Å². The van der Waals surface area contributed by atoms with Gasteiger partial charge >= 0.3 is 23.7 Å². The van der Waals surface area contributed by atoms with Gasteiger partial charge in [-0.3, -0.25) is 4.98 Å². The Labute approximate surface area is 185 Å². The first-order valence-electron chi connectivity index (χ1n) is 9.66. The van der Waals surface area contributed by atoms with Crippen LogP contribution in [0.1, 0.15) is 22.3 Å². The summed E-state index contributed by atoms with van der Waals surface area (Å²) >= 11 is 0.895. The third-order valence-corrected chi connectivity index (χ3v) is 7.06. The monoisotopic (exact) mass is 487 g/mol. The zero-order valence-corrected chi connectivity index (χ0v) is 17.7. The van der Waals surface area contributed by atoms with Crippen molar-refractivity contribution in [1.29, 1.82) is 0 Å². The summed E-state index contributed by atoms with van der Waals surface area (Å²) in [7, 11) is 0. The molecule has 2 aromatic carbocycles. The molecule has 0 amide bonds. The van der Waals surface area contributed by atoms with Gasteiger partial charge in [0.05, 0.1) is 10.4 Å². The average molecular weight is 487 g/mol. The largest absolute Gasteiger partial charge is 0.382 e. The molecule has 1 aliphatic rings. The summed E-state index contributed by atoms with van der Waals surface area (Å²) in [6.45, 7) is 3.72. The number of alkyl halides is 8. The number of rotatable bonds is 1. The Hall–Kier alpha value is -2.75. The molecule has 0 saturated carbocycles. The van der Waals surface area contributed by atoms with Crippen LogP contribution >= 0.6 is 11.3 Å². The Balaban J connectivity index is 1.86. The second kappa shape index (κ2) is 6.43. The highest BCUT2D eigenvalue weighted by Gasteiger charge is 2.85. The maximum atomic E-state index is 14.5. The number of hydrogen-bond donors (Lipinski definition) is 0. The standard InChI is InChI=1S/C23H13F8NS/c1-10-5-11(2)7-12(6-10)18-19-13(3-4-32-18)14-8-15-16(9-17(14)33-19)21(26,27)23(30,31)22(28,29)20(15,24)25/h3-9H,1-2H3. The van der Waals surface area contributed by atoms with Crippen LogP contribution in [-0.2, 0) is 11.8 Å². The van der Waals surface area contributed by atoms with Crippen molar-refractivity contribution in [3.63, 3.8) is 0 Å². The number of thiophene rings is 1. The molecular formula is C23H13F8NS. The normalized spacial score (nSPS) is 20.2. The summed E-state index contributed by atoms with van der Waals surface area (Å²) < 4.78 is 114. The summed E-state index contributed by atoms with van der Waals surface area (Å²) in [5, 5.41) is 0.306. The third-order valence-electron chi connectivity index (χ3n) is 5.88. The van der Waals surface area contributed by atoms with Crippen LogP contribution in [0, 0.1) is 13.8 Å². The lowest BCUT2D eigenvalue weighted by Gasteiger charge is -2.42. The first-order chi connectivity index (χ1) is 15.2. The van der Waals surface area contributed by atoms with Crippen molar-refractivity contribution in [2.24, 2.45) is 0 Å². The second-order valence-electron chi connectivity index (χ2n) is 8.21. The zero-order valence-electron chi connectivity index (χ0n) is 16.9. The molecule has 2 heterocycles. The molecule has 33 heavy (non-hydrogen) atoms. The summed E-state index contributed by atoms with van der Waals surface area (Å²) in [6, 6.07) is 7.97. The molecule has 0 unspecified atom stereocenters. The molecule has 10 heteroatoms. The van der Waals surface area contributed by atoms with Gasteiger partial charge < -0.3 is 0 Å². The van der Waals surface area contributed by atoms with Crippen LogP contribution in [0.25, 0.3) is 31.4 Å². The van der Waals surface area contributed by atoms with Crippen molar-refractivity contribution >= 4 is 31.5 Å². The van der Waals surface area contributed by atoms with E-state index in [9.17, 15) is 35.1 Å². The molecule has 0 bridgehead atoms. The molecule has 172 valence electrons. The fourth-order valence-electron chi connectivity index (χ4n) is 4.32. The van der Waals surface area contributed by atoms with Gasteiger partial charge in [0, 0.05) is 38.4 Å². The van der Waals surface area contributed by atoms with Gasteiger partial charge in [-0.2, -0.15) is 35.1 Å². The minimum absolute atomic E-state index is 0.0149. The molecule has 2 aromatic heterocycles. The topological polar surface area (TPSA) is 12.9 Å². The van der Waals surface area contributed by atoms with E-state index in [1.165, 1.54) is 12.3 Å². The highest BCUT2D eigenvalue weighted by atomic mass is 32.1. The Kier molecular flexibility index (Phi) is 4.30. The molecule has 0 spiro atoms. The Bertz CT molecular complexity index is 1430. The van der Waals surface area contributed by atoms with Gasteiger partial charge in [0.15, 0.2) is 0 Å². The van der Waals surface area contributed by atoms with Crippen LogP contribution in [0.2, 0.25) is 0 Å². The number of fused-ring (bicyclic) bond motifs is 4. The van der Waals surface area contributed by atoms with E-state index < -0.39 is 34.8 Å². The number of aryl methyl sites for hydroxylation is 2. The number of benzene rings is 2. The first kappa shape index (κ1) is 22.1. The van der Waals surface area contributed by atoms with Crippen molar-refractivity contribution in [3.05, 3.63) is 64.8 Å². The summed E-state index contributed by atoms with van der Waals surface area (Å²) in [5.74, 6) is -23.5. The second-order valence-corrected chi connectivity index (χ2v) is 9.26. The van der Waals surface area contributed by atoms with Crippen molar-refractivity contribution in [2.75, 3.05) is 0 Å². The summed E-state index contributed by atoms with van der Waals surface area (Å²) in [4.78, 5) is 4.33. The predicted octanol–water partition coefficient (Wildman–Crippen LogP) is 8.20. The minimum Gasteiger partial charge on any atom is -0.255 e. The highest BCUT2D eigenvalue weighted by Crippen LogP contribution is 2.65. The zero-order chi connectivity index (χ0) is 24.1. The Morgan fingerprint density at radius 3 is 1.82 bits per heavy atom. The SMILES string of the molecule is Cc1cc(C)cc(-c2nccc3c2sc2cc4c(cc23)C(F)(F)C(F)(F)C(F)(F)C4(F)F)c1. The maximum Gasteiger partial charge on any atom is 0.382 e. The fourth-order valence-corrected chi connectivity index (χ4v) is 5.55. The summed E-state index contributed by atoms with van der Waals surface area (Å²) in [6.07, 6.45) is 1.39. The van der Waals surface area contributed by atoms with Crippen LogP contribution in [0.4, 0.5) is 35.1 Å². The van der Waals surface area contributed by atoms with Gasteiger partial charge in [-0.1, -0.05) is 17.2 Å². The number of hydrogen-bond acceptors (Lipinski definition) is 2. The third kappa shape index (κ3) is 2.67. The molecule has 0 atom stereocenters. The first-order valence-corrected chi connectivity index (χ1v) is 10.5. The lowest BCUT2D eigenvalue weighted by atomic mass is 9.79. The van der Waals surface area contributed by atoms with E-state index in [2.05, 4.69) is 4.98 Å². The lowest BCUT2D eigenvalue weighted by Crippen LogP contribution is -2.63. The van der Waals surface area contributed by atoms with Crippen LogP contribution in [-0.4, -0.2) is 16.8 Å².